The Morgan fingerprint density at radius 3 is 2.36 bits per heavy atom. The van der Waals surface area contributed by atoms with Crippen molar-refractivity contribution >= 4 is 33.5 Å². The summed E-state index contributed by atoms with van der Waals surface area (Å²) in [4.78, 5) is 50.9. The lowest BCUT2D eigenvalue weighted by Crippen LogP contribution is -2.70. The molecule has 3 aromatic rings. The lowest BCUT2D eigenvalue weighted by Gasteiger charge is -2.63. The molecule has 2 saturated carbocycles. The van der Waals surface area contributed by atoms with Crippen LogP contribution in [0.5, 0.6) is 17.4 Å². The van der Waals surface area contributed by atoms with Crippen molar-refractivity contribution in [2.45, 2.75) is 61.9 Å². The number of pyridine rings is 1. The number of hydrogen-bond donors (Lipinski definition) is 1. The number of aromatic nitrogens is 1. The Kier molecular flexibility index (Phi) is 11.0. The summed E-state index contributed by atoms with van der Waals surface area (Å²) in [5.41, 5.74) is -3.98. The minimum absolute atomic E-state index is 0.00185. The standard InChI is InChI=1S/C40H43F3N6O9S/c1-5-47-14-16-48(17-15-47)25-20-38(21-25)22-27(33(38)58-37(52)40(41,42)43)34(50)46-39(28-8-7-13-45-35(28)57-6-2)29-18-24(23-44)9-11-30(29)49(36(39)51)59(53,54)32-12-10-26(55-3)19-31(32)56-4/h7-13,18-19,25,27,33H,5-6,14-17,20-22H2,1-4H3,(H,46,50). The highest BCUT2D eigenvalue weighted by molar-refractivity contribution is 7.93. The molecule has 19 heteroatoms. The zero-order chi connectivity index (χ0) is 42.5. The van der Waals surface area contributed by atoms with Crippen LogP contribution in [0.25, 0.3) is 0 Å². The largest absolute Gasteiger partial charge is 0.497 e. The zero-order valence-corrected chi connectivity index (χ0v) is 33.6. The molecule has 7 rings (SSSR count). The van der Waals surface area contributed by atoms with Gasteiger partial charge in [0.2, 0.25) is 11.8 Å². The van der Waals surface area contributed by atoms with Gasteiger partial charge >= 0.3 is 12.1 Å². The fraction of sp³-hybridized carbons (Fsp3) is 0.475. The maximum absolute atomic E-state index is 15.4. The van der Waals surface area contributed by atoms with E-state index in [2.05, 4.69) is 27.0 Å². The van der Waals surface area contributed by atoms with Gasteiger partial charge in [0.05, 0.1) is 49.6 Å². The van der Waals surface area contributed by atoms with Gasteiger partial charge in [0.1, 0.15) is 22.5 Å². The molecule has 1 saturated heterocycles. The molecule has 1 spiro atoms. The van der Waals surface area contributed by atoms with Crippen molar-refractivity contribution in [3.05, 3.63) is 71.4 Å². The van der Waals surface area contributed by atoms with Crippen LogP contribution in [-0.2, 0) is 34.7 Å². The number of likely N-dealkylation sites (N-methyl/N-ethyl adjacent to an activating group) is 1. The molecule has 0 radical (unpaired) electrons. The van der Waals surface area contributed by atoms with Crippen LogP contribution >= 0.6 is 0 Å². The third-order valence-electron chi connectivity index (χ3n) is 12.0. The van der Waals surface area contributed by atoms with E-state index in [-0.39, 0.29) is 58.8 Å². The number of esters is 1. The number of anilines is 1. The van der Waals surface area contributed by atoms with Gasteiger partial charge < -0.3 is 29.2 Å². The fourth-order valence-electron chi connectivity index (χ4n) is 8.97. The normalized spacial score (nSPS) is 25.6. The number of ether oxygens (including phenoxy) is 4. The van der Waals surface area contributed by atoms with Gasteiger partial charge in [-0.05, 0) is 75.2 Å². The molecule has 4 aliphatic rings. The third-order valence-corrected chi connectivity index (χ3v) is 13.7. The molecular formula is C40H43F3N6O9S. The molecule has 2 aliphatic heterocycles. The van der Waals surface area contributed by atoms with E-state index in [1.807, 2.05) is 6.07 Å². The Morgan fingerprint density at radius 2 is 1.73 bits per heavy atom. The average molecular weight is 841 g/mol. The summed E-state index contributed by atoms with van der Waals surface area (Å²) in [7, 11) is -2.32. The maximum Gasteiger partial charge on any atom is 0.490 e. The summed E-state index contributed by atoms with van der Waals surface area (Å²) in [6, 6.07) is 12.4. The molecule has 2 aliphatic carbocycles. The predicted octanol–water partition coefficient (Wildman–Crippen LogP) is 3.74. The highest BCUT2D eigenvalue weighted by Crippen LogP contribution is 2.62. The number of nitriles is 1. The molecule has 3 unspecified atom stereocenters. The second-order valence-corrected chi connectivity index (χ2v) is 16.7. The summed E-state index contributed by atoms with van der Waals surface area (Å²) in [6.45, 7) is 7.80. The molecule has 2 aromatic carbocycles. The van der Waals surface area contributed by atoms with Crippen LogP contribution in [0, 0.1) is 22.7 Å². The monoisotopic (exact) mass is 840 g/mol. The molecule has 0 bridgehead atoms. The number of nitrogens with zero attached hydrogens (tertiary/aromatic N) is 5. The third kappa shape index (κ3) is 7.00. The number of fused-ring (bicyclic) bond motifs is 1. The van der Waals surface area contributed by atoms with Crippen LogP contribution in [0.2, 0.25) is 0 Å². The molecule has 3 fully saturated rings. The van der Waals surface area contributed by atoms with E-state index in [1.165, 1.54) is 68.9 Å². The van der Waals surface area contributed by atoms with Gasteiger partial charge in [0, 0.05) is 55.5 Å². The van der Waals surface area contributed by atoms with Gasteiger partial charge in [-0.1, -0.05) is 6.92 Å². The highest BCUT2D eigenvalue weighted by Gasteiger charge is 2.68. The lowest BCUT2D eigenvalue weighted by atomic mass is 9.47. The number of amides is 2. The van der Waals surface area contributed by atoms with E-state index in [1.54, 1.807) is 6.92 Å². The molecule has 59 heavy (non-hydrogen) atoms. The number of alkyl halides is 3. The number of carbonyl (C=O) groups is 3. The lowest BCUT2D eigenvalue weighted by molar-refractivity contribution is -0.245. The van der Waals surface area contributed by atoms with Crippen LogP contribution in [0.15, 0.2) is 59.6 Å². The number of nitrogens with one attached hydrogen (secondary N) is 1. The SMILES string of the molecule is CCOc1ncccc1C1(NC(=O)C2CC3(CC(N4CCN(CC)CC4)C3)C2OC(=O)C(F)(F)F)C(=O)N(S(=O)(=O)c2ccc(OC)cc2OC)c2ccc(C#N)cc21. The van der Waals surface area contributed by atoms with Gasteiger partial charge in [-0.15, -0.1) is 0 Å². The van der Waals surface area contributed by atoms with Crippen molar-refractivity contribution in [3.8, 4) is 23.4 Å². The molecule has 2 amide bonds. The van der Waals surface area contributed by atoms with Crippen molar-refractivity contribution in [2.24, 2.45) is 11.3 Å². The number of sulfonamides is 1. The summed E-state index contributed by atoms with van der Waals surface area (Å²) in [5.74, 6) is -6.17. The molecule has 1 aromatic heterocycles. The Balaban J connectivity index is 1.32. The van der Waals surface area contributed by atoms with Gasteiger partial charge in [-0.25, -0.2) is 18.2 Å². The number of methoxy groups -OCH3 is 2. The molecular weight excluding hydrogens is 798 g/mol. The maximum atomic E-state index is 15.4. The van der Waals surface area contributed by atoms with E-state index >= 15 is 4.79 Å². The minimum atomic E-state index is -5.35. The fourth-order valence-corrected chi connectivity index (χ4v) is 10.6. The van der Waals surface area contributed by atoms with E-state index < -0.39 is 61.9 Å². The van der Waals surface area contributed by atoms with Crippen molar-refractivity contribution in [2.75, 3.05) is 57.9 Å². The van der Waals surface area contributed by atoms with Gasteiger partial charge in [0.25, 0.3) is 15.9 Å². The Morgan fingerprint density at radius 1 is 1.00 bits per heavy atom. The molecule has 3 heterocycles. The predicted molar refractivity (Wildman–Crippen MR) is 203 cm³/mol. The Bertz CT molecular complexity index is 2310. The molecule has 1 N–H and O–H groups in total. The summed E-state index contributed by atoms with van der Waals surface area (Å²) in [5, 5.41) is 12.7. The van der Waals surface area contributed by atoms with Gasteiger partial charge in [-0.2, -0.15) is 22.7 Å². The second kappa shape index (κ2) is 15.6. The molecule has 3 atom stereocenters. The second-order valence-electron chi connectivity index (χ2n) is 15.0. The first-order valence-corrected chi connectivity index (χ1v) is 20.5. The van der Waals surface area contributed by atoms with E-state index in [9.17, 15) is 36.4 Å². The number of carbonyl (C=O) groups excluding carboxylic acids is 3. The number of benzene rings is 2. The van der Waals surface area contributed by atoms with E-state index in [4.69, 9.17) is 18.9 Å². The zero-order valence-electron chi connectivity index (χ0n) is 32.7. The van der Waals surface area contributed by atoms with Crippen LogP contribution in [0.1, 0.15) is 49.8 Å². The summed E-state index contributed by atoms with van der Waals surface area (Å²) in [6.07, 6.45) is -4.75. The van der Waals surface area contributed by atoms with Crippen LogP contribution in [-0.4, -0.2) is 113 Å². The van der Waals surface area contributed by atoms with Crippen molar-refractivity contribution in [1.82, 2.24) is 20.1 Å². The average Bonchev–Trinajstić information content (AvgIpc) is 3.45. The molecule has 15 nitrogen and oxygen atoms in total. The first-order chi connectivity index (χ1) is 28.1. The highest BCUT2D eigenvalue weighted by atomic mass is 32.2. The smallest absolute Gasteiger partial charge is 0.490 e. The number of hydrogen-bond acceptors (Lipinski definition) is 13. The van der Waals surface area contributed by atoms with Gasteiger partial charge in [0.15, 0.2) is 5.54 Å². The quantitative estimate of drug-likeness (QED) is 0.261. The van der Waals surface area contributed by atoms with Crippen LogP contribution < -0.4 is 23.8 Å². The Labute approximate surface area is 339 Å². The van der Waals surface area contributed by atoms with Crippen molar-refractivity contribution < 1.29 is 54.9 Å². The number of rotatable bonds is 12. The van der Waals surface area contributed by atoms with Gasteiger partial charge in [-0.3, -0.25) is 14.5 Å². The minimum Gasteiger partial charge on any atom is -0.497 e. The van der Waals surface area contributed by atoms with E-state index in [0.29, 0.717) is 17.1 Å². The van der Waals surface area contributed by atoms with E-state index in [0.717, 1.165) is 32.7 Å². The summed E-state index contributed by atoms with van der Waals surface area (Å²) >= 11 is 0. The first kappa shape index (κ1) is 41.7. The summed E-state index contributed by atoms with van der Waals surface area (Å²) < 4.78 is 92.8. The number of piperazine rings is 1. The molecule has 314 valence electrons. The first-order valence-electron chi connectivity index (χ1n) is 19.1. The number of halogens is 3. The van der Waals surface area contributed by atoms with Crippen molar-refractivity contribution in [1.29, 1.82) is 5.26 Å². The van der Waals surface area contributed by atoms with Crippen LogP contribution in [0.3, 0.4) is 0 Å². The van der Waals surface area contributed by atoms with Crippen molar-refractivity contribution in [3.63, 3.8) is 0 Å². The topological polar surface area (TPSA) is 181 Å². The Hall–Kier alpha value is -5.45. The van der Waals surface area contributed by atoms with Crippen LogP contribution in [0.4, 0.5) is 18.9 Å².